The Labute approximate surface area is 239 Å². The lowest BCUT2D eigenvalue weighted by molar-refractivity contribution is 0.0446. The first-order valence-electron chi connectivity index (χ1n) is 13.6. The fourth-order valence-electron chi connectivity index (χ4n) is 3.08. The number of esters is 2. The van der Waals surface area contributed by atoms with Gasteiger partial charge in [-0.25, -0.2) is 19.0 Å². The van der Waals surface area contributed by atoms with Gasteiger partial charge >= 0.3 is 11.9 Å². The zero-order chi connectivity index (χ0) is 30.3. The van der Waals surface area contributed by atoms with Crippen LogP contribution in [0.4, 0.5) is 0 Å². The van der Waals surface area contributed by atoms with Gasteiger partial charge in [-0.15, -0.1) is 0 Å². The largest absolute Gasteiger partial charge is 0.461 e. The van der Waals surface area contributed by atoms with Crippen LogP contribution in [-0.4, -0.2) is 84.3 Å². The van der Waals surface area contributed by atoms with Gasteiger partial charge in [-0.05, 0) is 32.0 Å². The van der Waals surface area contributed by atoms with E-state index in [9.17, 15) is 9.59 Å². The van der Waals surface area contributed by atoms with E-state index in [0.29, 0.717) is 24.7 Å². The van der Waals surface area contributed by atoms with Gasteiger partial charge in [0.25, 0.3) is 0 Å². The van der Waals surface area contributed by atoms with Gasteiger partial charge in [-0.1, -0.05) is 39.3 Å². The van der Waals surface area contributed by atoms with Gasteiger partial charge < -0.3 is 29.2 Å². The maximum atomic E-state index is 12.0. The second-order valence-electron chi connectivity index (χ2n) is 11.5. The number of nitrogens with zero attached hydrogens (tertiary/aromatic N) is 4. The van der Waals surface area contributed by atoms with Crippen molar-refractivity contribution in [1.29, 1.82) is 0 Å². The van der Waals surface area contributed by atoms with Crippen LogP contribution in [0.25, 0.3) is 0 Å². The molecule has 2 rings (SSSR count). The third kappa shape index (κ3) is 13.8. The Kier molecular flexibility index (Phi) is 15.6. The molecule has 228 valence electrons. The molecule has 2 heterocycles. The molecule has 2 N–H and O–H groups in total. The standard InChI is InChI=1S/C15H26N2O5Si.C11H22N2O3Si/c1-6-21-14(18)12-10-13(15(19)22-7-2)17(16-12)11-20-8-9-23(3,4)5;1-17(2,3)5-4-16-9-13-11(8-15)6-10(7-14)12-13/h10H,6-9,11H2,1-5H3;6,14-15H,4-5,7-9H2,1-3H3. The molecule has 0 aliphatic carbocycles. The van der Waals surface area contributed by atoms with E-state index in [4.69, 9.17) is 29.2 Å². The number of aliphatic hydroxyl groups excluding tert-OH is 2. The van der Waals surface area contributed by atoms with Crippen molar-refractivity contribution >= 4 is 28.1 Å². The van der Waals surface area contributed by atoms with Crippen LogP contribution in [0.5, 0.6) is 0 Å². The van der Waals surface area contributed by atoms with Gasteiger partial charge in [0, 0.05) is 35.4 Å². The number of aromatic nitrogens is 4. The summed E-state index contributed by atoms with van der Waals surface area (Å²) in [5.41, 5.74) is 1.48. The number of rotatable bonds is 16. The van der Waals surface area contributed by atoms with Crippen molar-refractivity contribution < 1.29 is 38.7 Å². The summed E-state index contributed by atoms with van der Waals surface area (Å²) >= 11 is 0. The molecule has 0 aliphatic rings. The van der Waals surface area contributed by atoms with Gasteiger partial charge in [0.15, 0.2) is 5.69 Å². The van der Waals surface area contributed by atoms with Crippen molar-refractivity contribution in [2.45, 2.75) is 91.9 Å². The Balaban J connectivity index is 0.000000418. The first-order valence-corrected chi connectivity index (χ1v) is 21.0. The van der Waals surface area contributed by atoms with Crippen LogP contribution in [0.3, 0.4) is 0 Å². The Morgan fingerprint density at radius 3 is 1.77 bits per heavy atom. The average molecular weight is 601 g/mol. The molecule has 40 heavy (non-hydrogen) atoms. The quantitative estimate of drug-likeness (QED) is 0.166. The lowest BCUT2D eigenvalue weighted by atomic mass is 10.3. The van der Waals surface area contributed by atoms with Crippen molar-refractivity contribution in [3.63, 3.8) is 0 Å². The van der Waals surface area contributed by atoms with Crippen LogP contribution in [-0.2, 0) is 45.6 Å². The zero-order valence-corrected chi connectivity index (χ0v) is 27.4. The highest BCUT2D eigenvalue weighted by Crippen LogP contribution is 2.12. The molecule has 0 atom stereocenters. The van der Waals surface area contributed by atoms with E-state index in [0.717, 1.165) is 18.7 Å². The van der Waals surface area contributed by atoms with Crippen LogP contribution < -0.4 is 0 Å². The minimum Gasteiger partial charge on any atom is -0.461 e. The molecule has 0 saturated heterocycles. The first-order chi connectivity index (χ1) is 18.7. The van der Waals surface area contributed by atoms with Crippen LogP contribution in [0.2, 0.25) is 51.4 Å². The van der Waals surface area contributed by atoms with Gasteiger partial charge in [0.1, 0.15) is 19.2 Å². The maximum Gasteiger partial charge on any atom is 0.358 e. The van der Waals surface area contributed by atoms with Gasteiger partial charge in [-0.3, -0.25) is 0 Å². The maximum absolute atomic E-state index is 12.0. The van der Waals surface area contributed by atoms with E-state index in [-0.39, 0.29) is 44.5 Å². The van der Waals surface area contributed by atoms with Crippen molar-refractivity contribution in [2.24, 2.45) is 0 Å². The summed E-state index contributed by atoms with van der Waals surface area (Å²) in [6.07, 6.45) is 0. The Morgan fingerprint density at radius 1 is 0.775 bits per heavy atom. The average Bonchev–Trinajstić information content (AvgIpc) is 3.48. The van der Waals surface area contributed by atoms with Crippen LogP contribution >= 0.6 is 0 Å². The summed E-state index contributed by atoms with van der Waals surface area (Å²) in [4.78, 5) is 23.7. The summed E-state index contributed by atoms with van der Waals surface area (Å²) in [5, 5.41) is 26.3. The SMILES string of the molecule is CCOC(=O)c1cc(C(=O)OCC)n(COCC[Si](C)(C)C)n1.C[Si](C)(C)CCOCn1nc(CO)cc1CO. The summed E-state index contributed by atoms with van der Waals surface area (Å²) < 4.78 is 24.0. The van der Waals surface area contributed by atoms with E-state index < -0.39 is 28.1 Å². The zero-order valence-electron chi connectivity index (χ0n) is 25.4. The lowest BCUT2D eigenvalue weighted by Gasteiger charge is -2.15. The topological polar surface area (TPSA) is 147 Å². The highest BCUT2D eigenvalue weighted by Gasteiger charge is 2.21. The number of aliphatic hydroxyl groups is 2. The van der Waals surface area contributed by atoms with E-state index in [1.807, 2.05) is 0 Å². The third-order valence-corrected chi connectivity index (χ3v) is 8.82. The predicted molar refractivity (Wildman–Crippen MR) is 156 cm³/mol. The molecule has 14 heteroatoms. The molecular weight excluding hydrogens is 552 g/mol. The second-order valence-corrected chi connectivity index (χ2v) is 22.7. The fourth-order valence-corrected chi connectivity index (χ4v) is 4.59. The molecule has 0 spiro atoms. The summed E-state index contributed by atoms with van der Waals surface area (Å²) in [5.74, 6) is -1.11. The molecule has 0 aliphatic heterocycles. The van der Waals surface area contributed by atoms with Gasteiger partial charge in [0.2, 0.25) is 0 Å². The highest BCUT2D eigenvalue weighted by atomic mass is 28.3. The molecule has 2 aromatic heterocycles. The van der Waals surface area contributed by atoms with Gasteiger partial charge in [-0.2, -0.15) is 10.2 Å². The van der Waals surface area contributed by atoms with E-state index in [1.165, 1.54) is 10.7 Å². The number of ether oxygens (including phenoxy) is 4. The monoisotopic (exact) mass is 600 g/mol. The molecule has 0 amide bonds. The molecule has 0 unspecified atom stereocenters. The number of hydrogen-bond donors (Lipinski definition) is 2. The molecule has 0 saturated carbocycles. The summed E-state index contributed by atoms with van der Waals surface area (Å²) in [6, 6.07) is 5.17. The van der Waals surface area contributed by atoms with E-state index in [2.05, 4.69) is 49.5 Å². The molecule has 0 radical (unpaired) electrons. The molecule has 12 nitrogen and oxygen atoms in total. The van der Waals surface area contributed by atoms with Crippen LogP contribution in [0.1, 0.15) is 46.2 Å². The van der Waals surface area contributed by atoms with Crippen molar-refractivity contribution in [3.8, 4) is 0 Å². The molecular formula is C26H48N4O8Si2. The predicted octanol–water partition coefficient (Wildman–Crippen LogP) is 3.73. The molecule has 2 aromatic rings. The van der Waals surface area contributed by atoms with Crippen LogP contribution in [0.15, 0.2) is 12.1 Å². The van der Waals surface area contributed by atoms with E-state index in [1.54, 1.807) is 24.6 Å². The Hall–Kier alpha value is -2.37. The third-order valence-electron chi connectivity index (χ3n) is 5.41. The molecule has 0 bridgehead atoms. The molecule has 0 fully saturated rings. The minimum atomic E-state index is -1.19. The minimum absolute atomic E-state index is 0.0729. The highest BCUT2D eigenvalue weighted by molar-refractivity contribution is 6.76. The van der Waals surface area contributed by atoms with Gasteiger partial charge in [0.05, 0.1) is 37.8 Å². The number of hydrogen-bond acceptors (Lipinski definition) is 10. The first kappa shape index (κ1) is 35.7. The Bertz CT molecular complexity index is 1040. The summed E-state index contributed by atoms with van der Waals surface area (Å²) in [6.45, 7) is 19.1. The Morgan fingerprint density at radius 2 is 1.30 bits per heavy atom. The van der Waals surface area contributed by atoms with Crippen molar-refractivity contribution in [2.75, 3.05) is 26.4 Å². The lowest BCUT2D eigenvalue weighted by Crippen LogP contribution is -2.22. The second kappa shape index (κ2) is 17.4. The molecule has 0 aromatic carbocycles. The van der Waals surface area contributed by atoms with Crippen molar-refractivity contribution in [3.05, 3.63) is 34.9 Å². The smallest absolute Gasteiger partial charge is 0.358 e. The summed E-state index contributed by atoms with van der Waals surface area (Å²) in [7, 11) is -2.25. The fraction of sp³-hybridized carbons (Fsp3) is 0.692. The van der Waals surface area contributed by atoms with E-state index >= 15 is 0 Å². The number of carbonyl (C=O) groups is 2. The number of carbonyl (C=O) groups excluding carboxylic acids is 2. The van der Waals surface area contributed by atoms with Crippen LogP contribution in [0, 0.1) is 0 Å². The van der Waals surface area contributed by atoms with Crippen molar-refractivity contribution in [1.82, 2.24) is 19.6 Å². The normalized spacial score (nSPS) is 11.7.